The molecule has 0 radical (unpaired) electrons. The van der Waals surface area contributed by atoms with E-state index < -0.39 is 17.6 Å². The highest BCUT2D eigenvalue weighted by Gasteiger charge is 2.30. The quantitative estimate of drug-likeness (QED) is 0.893. The Kier molecular flexibility index (Phi) is 3.59. The summed E-state index contributed by atoms with van der Waals surface area (Å²) in [5, 5.41) is 8.87. The van der Waals surface area contributed by atoms with Crippen LogP contribution in [-0.2, 0) is 12.7 Å². The number of amides is 1. The minimum atomic E-state index is -4.43. The lowest BCUT2D eigenvalue weighted by atomic mass is 10.1. The van der Waals surface area contributed by atoms with E-state index in [-0.39, 0.29) is 18.1 Å². The predicted octanol–water partition coefficient (Wildman–Crippen LogP) is 1.60. The Labute approximate surface area is 110 Å². The summed E-state index contributed by atoms with van der Waals surface area (Å²) in [4.78, 5) is 11.6. The molecule has 1 aromatic heterocycles. The molecule has 9 heteroatoms. The van der Waals surface area contributed by atoms with Crippen molar-refractivity contribution in [2.24, 2.45) is 0 Å². The number of nitrogens with one attached hydrogen (secondary N) is 1. The van der Waals surface area contributed by atoms with Crippen molar-refractivity contribution in [2.75, 3.05) is 5.73 Å². The Hall–Kier alpha value is -2.58. The minimum Gasteiger partial charge on any atom is -0.379 e. The first-order chi connectivity index (χ1) is 9.38. The van der Waals surface area contributed by atoms with Gasteiger partial charge in [-0.1, -0.05) is 12.1 Å². The molecule has 0 bridgehead atoms. The fourth-order valence-corrected chi connectivity index (χ4v) is 1.48. The maximum atomic E-state index is 12.5. The van der Waals surface area contributed by atoms with Crippen LogP contribution < -0.4 is 11.1 Å². The average molecular weight is 286 g/mol. The van der Waals surface area contributed by atoms with Crippen LogP contribution in [-0.4, -0.2) is 16.2 Å². The van der Waals surface area contributed by atoms with Gasteiger partial charge in [0.25, 0.3) is 5.91 Å². The number of benzene rings is 1. The Morgan fingerprint density at radius 1 is 1.35 bits per heavy atom. The van der Waals surface area contributed by atoms with E-state index in [1.165, 1.54) is 12.1 Å². The molecule has 0 saturated carbocycles. The van der Waals surface area contributed by atoms with Crippen molar-refractivity contribution in [1.82, 2.24) is 15.6 Å². The van der Waals surface area contributed by atoms with E-state index in [0.29, 0.717) is 5.56 Å². The second-order valence-electron chi connectivity index (χ2n) is 3.88. The largest absolute Gasteiger partial charge is 0.416 e. The van der Waals surface area contributed by atoms with Crippen LogP contribution in [0, 0.1) is 0 Å². The Balaban J connectivity index is 2.05. The number of aromatic nitrogens is 2. The smallest absolute Gasteiger partial charge is 0.379 e. The second kappa shape index (κ2) is 5.19. The number of nitrogens with two attached hydrogens (primary N) is 1. The van der Waals surface area contributed by atoms with E-state index in [9.17, 15) is 18.0 Å². The number of hydrogen-bond donors (Lipinski definition) is 2. The van der Waals surface area contributed by atoms with Crippen LogP contribution in [0.5, 0.6) is 0 Å². The molecule has 0 aliphatic rings. The summed E-state index contributed by atoms with van der Waals surface area (Å²) in [5.74, 6) is -0.868. The lowest BCUT2D eigenvalue weighted by molar-refractivity contribution is -0.137. The standard InChI is InChI=1S/C11H9F3N4O2/c12-11(13,14)7-3-1-2-6(4-7)5-16-10(19)8-9(15)18-20-17-8/h1-4H,5H2,(H2,15,18)(H,16,19). The van der Waals surface area contributed by atoms with Crippen LogP contribution >= 0.6 is 0 Å². The van der Waals surface area contributed by atoms with Gasteiger partial charge in [-0.2, -0.15) is 13.2 Å². The molecule has 0 fully saturated rings. The molecule has 0 spiro atoms. The fraction of sp³-hybridized carbons (Fsp3) is 0.182. The summed E-state index contributed by atoms with van der Waals surface area (Å²) < 4.78 is 41.8. The summed E-state index contributed by atoms with van der Waals surface area (Å²) >= 11 is 0. The van der Waals surface area contributed by atoms with E-state index in [1.807, 2.05) is 0 Å². The molecule has 0 saturated heterocycles. The van der Waals surface area contributed by atoms with Gasteiger partial charge in [0.2, 0.25) is 11.5 Å². The Bertz CT molecular complexity index is 624. The molecule has 0 atom stereocenters. The zero-order valence-electron chi connectivity index (χ0n) is 9.94. The van der Waals surface area contributed by atoms with Crippen LogP contribution in [0.25, 0.3) is 0 Å². The highest BCUT2D eigenvalue weighted by molar-refractivity contribution is 5.95. The third-order valence-electron chi connectivity index (χ3n) is 2.44. The van der Waals surface area contributed by atoms with Gasteiger partial charge in [0, 0.05) is 6.54 Å². The Morgan fingerprint density at radius 3 is 2.70 bits per heavy atom. The minimum absolute atomic E-state index is 0.102. The van der Waals surface area contributed by atoms with Crippen molar-refractivity contribution in [2.45, 2.75) is 12.7 Å². The SMILES string of the molecule is Nc1nonc1C(=O)NCc1cccc(C(F)(F)F)c1. The van der Waals surface area contributed by atoms with E-state index in [0.717, 1.165) is 12.1 Å². The van der Waals surface area contributed by atoms with E-state index in [4.69, 9.17) is 5.73 Å². The molecular formula is C11H9F3N4O2. The molecular weight excluding hydrogens is 277 g/mol. The molecule has 0 aliphatic heterocycles. The van der Waals surface area contributed by atoms with Gasteiger partial charge in [0.1, 0.15) is 0 Å². The number of nitrogen functional groups attached to an aromatic ring is 1. The van der Waals surface area contributed by atoms with Gasteiger partial charge in [0.05, 0.1) is 5.56 Å². The maximum Gasteiger partial charge on any atom is 0.416 e. The van der Waals surface area contributed by atoms with Crippen LogP contribution in [0.3, 0.4) is 0 Å². The van der Waals surface area contributed by atoms with Gasteiger partial charge >= 0.3 is 6.18 Å². The van der Waals surface area contributed by atoms with Gasteiger partial charge < -0.3 is 11.1 Å². The zero-order valence-corrected chi connectivity index (χ0v) is 9.94. The van der Waals surface area contributed by atoms with E-state index in [2.05, 4.69) is 20.3 Å². The molecule has 2 aromatic rings. The molecule has 1 amide bonds. The van der Waals surface area contributed by atoms with Gasteiger partial charge in [-0.25, -0.2) is 4.63 Å². The summed E-state index contributed by atoms with van der Waals surface area (Å²) in [7, 11) is 0. The summed E-state index contributed by atoms with van der Waals surface area (Å²) in [6.07, 6.45) is -4.43. The number of alkyl halides is 3. The molecule has 20 heavy (non-hydrogen) atoms. The zero-order chi connectivity index (χ0) is 14.8. The van der Waals surface area contributed by atoms with Crippen LogP contribution in [0.1, 0.15) is 21.6 Å². The number of rotatable bonds is 3. The number of anilines is 1. The summed E-state index contributed by atoms with van der Waals surface area (Å²) in [6.45, 7) is -0.102. The number of carbonyl (C=O) groups excluding carboxylic acids is 1. The lowest BCUT2D eigenvalue weighted by Gasteiger charge is -2.09. The van der Waals surface area contributed by atoms with Crippen LogP contribution in [0.4, 0.5) is 19.0 Å². The molecule has 3 N–H and O–H groups in total. The van der Waals surface area contributed by atoms with E-state index in [1.54, 1.807) is 0 Å². The molecule has 1 heterocycles. The molecule has 1 aromatic carbocycles. The topological polar surface area (TPSA) is 94.0 Å². The fourth-order valence-electron chi connectivity index (χ4n) is 1.48. The van der Waals surface area contributed by atoms with Crippen molar-refractivity contribution in [1.29, 1.82) is 0 Å². The van der Waals surface area contributed by atoms with E-state index >= 15 is 0 Å². The number of hydrogen-bond acceptors (Lipinski definition) is 5. The molecule has 106 valence electrons. The monoisotopic (exact) mass is 286 g/mol. The van der Waals surface area contributed by atoms with Crippen LogP contribution in [0.15, 0.2) is 28.9 Å². The van der Waals surface area contributed by atoms with Gasteiger partial charge in [-0.15, -0.1) is 0 Å². The van der Waals surface area contributed by atoms with Gasteiger partial charge in [0.15, 0.2) is 0 Å². The number of halogens is 3. The predicted molar refractivity (Wildman–Crippen MR) is 61.3 cm³/mol. The first kappa shape index (κ1) is 13.8. The van der Waals surface area contributed by atoms with Crippen molar-refractivity contribution < 1.29 is 22.6 Å². The number of carbonyl (C=O) groups is 1. The molecule has 2 rings (SSSR count). The number of nitrogens with zero attached hydrogens (tertiary/aromatic N) is 2. The summed E-state index contributed by atoms with van der Waals surface area (Å²) in [6, 6.07) is 4.62. The first-order valence-electron chi connectivity index (χ1n) is 5.40. The third-order valence-corrected chi connectivity index (χ3v) is 2.44. The maximum absolute atomic E-state index is 12.5. The van der Waals surface area contributed by atoms with Crippen molar-refractivity contribution in [3.63, 3.8) is 0 Å². The first-order valence-corrected chi connectivity index (χ1v) is 5.40. The second-order valence-corrected chi connectivity index (χ2v) is 3.88. The highest BCUT2D eigenvalue weighted by atomic mass is 19.4. The normalized spacial score (nSPS) is 11.3. The molecule has 0 aliphatic carbocycles. The van der Waals surface area contributed by atoms with Crippen molar-refractivity contribution >= 4 is 11.7 Å². The van der Waals surface area contributed by atoms with Crippen molar-refractivity contribution in [3.8, 4) is 0 Å². The third kappa shape index (κ3) is 3.05. The summed E-state index contributed by atoms with van der Waals surface area (Å²) in [5.41, 5.74) is 4.61. The lowest BCUT2D eigenvalue weighted by Crippen LogP contribution is -2.24. The Morgan fingerprint density at radius 2 is 2.10 bits per heavy atom. The van der Waals surface area contributed by atoms with Gasteiger partial charge in [-0.3, -0.25) is 4.79 Å². The molecule has 0 unspecified atom stereocenters. The molecule has 6 nitrogen and oxygen atoms in total. The van der Waals surface area contributed by atoms with Gasteiger partial charge in [-0.05, 0) is 28.0 Å². The highest BCUT2D eigenvalue weighted by Crippen LogP contribution is 2.29. The van der Waals surface area contributed by atoms with Crippen LogP contribution in [0.2, 0.25) is 0 Å². The van der Waals surface area contributed by atoms with Crippen molar-refractivity contribution in [3.05, 3.63) is 41.1 Å². The average Bonchev–Trinajstić information content (AvgIpc) is 2.82.